The quantitative estimate of drug-likeness (QED) is 0.746. The van der Waals surface area contributed by atoms with Crippen LogP contribution in [0.5, 0.6) is 0 Å². The molecule has 0 aliphatic carbocycles. The SMILES string of the molecule is CNS(=O)(=O)c1ccc(NC(C)C)c(C(=O)O)c1. The van der Waals surface area contributed by atoms with E-state index in [0.717, 1.165) is 6.07 Å². The average Bonchev–Trinajstić information content (AvgIpc) is 2.28. The average molecular weight is 272 g/mol. The van der Waals surface area contributed by atoms with Crippen LogP contribution in [0.4, 0.5) is 5.69 Å². The number of anilines is 1. The third-order valence-electron chi connectivity index (χ3n) is 2.24. The van der Waals surface area contributed by atoms with Crippen LogP contribution in [0, 0.1) is 0 Å². The molecule has 1 rings (SSSR count). The van der Waals surface area contributed by atoms with Gasteiger partial charge in [-0.05, 0) is 39.1 Å². The van der Waals surface area contributed by atoms with Crippen molar-refractivity contribution in [3.63, 3.8) is 0 Å². The van der Waals surface area contributed by atoms with E-state index in [1.807, 2.05) is 13.8 Å². The predicted molar refractivity (Wildman–Crippen MR) is 68.4 cm³/mol. The molecular weight excluding hydrogens is 256 g/mol. The summed E-state index contributed by atoms with van der Waals surface area (Å²) in [5.74, 6) is -1.17. The Hall–Kier alpha value is -1.60. The van der Waals surface area contributed by atoms with Gasteiger partial charge in [-0.1, -0.05) is 0 Å². The Kier molecular flexibility index (Phi) is 4.31. The Balaban J connectivity index is 3.32. The molecular formula is C11H16N2O4S. The van der Waals surface area contributed by atoms with Crippen LogP contribution in [-0.4, -0.2) is 32.6 Å². The zero-order valence-electron chi connectivity index (χ0n) is 10.4. The Bertz CT molecular complexity index is 552. The predicted octanol–water partition coefficient (Wildman–Crippen LogP) is 1.11. The molecule has 0 saturated carbocycles. The molecule has 0 bridgehead atoms. The highest BCUT2D eigenvalue weighted by Gasteiger charge is 2.17. The minimum Gasteiger partial charge on any atom is -0.478 e. The largest absolute Gasteiger partial charge is 0.478 e. The lowest BCUT2D eigenvalue weighted by Gasteiger charge is -2.13. The monoisotopic (exact) mass is 272 g/mol. The smallest absolute Gasteiger partial charge is 0.337 e. The molecule has 0 aliphatic rings. The van der Waals surface area contributed by atoms with Gasteiger partial charge in [-0.15, -0.1) is 0 Å². The van der Waals surface area contributed by atoms with Gasteiger partial charge in [0.1, 0.15) is 0 Å². The highest BCUT2D eigenvalue weighted by molar-refractivity contribution is 7.89. The summed E-state index contributed by atoms with van der Waals surface area (Å²) >= 11 is 0. The summed E-state index contributed by atoms with van der Waals surface area (Å²) in [5, 5.41) is 12.0. The van der Waals surface area contributed by atoms with E-state index in [1.165, 1.54) is 19.2 Å². The third kappa shape index (κ3) is 3.21. The van der Waals surface area contributed by atoms with Crippen LogP contribution >= 0.6 is 0 Å². The van der Waals surface area contributed by atoms with Crippen LogP contribution in [0.25, 0.3) is 0 Å². The van der Waals surface area contributed by atoms with E-state index in [-0.39, 0.29) is 16.5 Å². The highest BCUT2D eigenvalue weighted by Crippen LogP contribution is 2.21. The number of carboxylic acids is 1. The van der Waals surface area contributed by atoms with E-state index in [1.54, 1.807) is 0 Å². The first-order chi connectivity index (χ1) is 8.27. The topological polar surface area (TPSA) is 95.5 Å². The van der Waals surface area contributed by atoms with E-state index in [9.17, 15) is 13.2 Å². The second-order valence-electron chi connectivity index (χ2n) is 4.02. The number of carboxylic acid groups (broad SMARTS) is 1. The second kappa shape index (κ2) is 5.36. The summed E-state index contributed by atoms with van der Waals surface area (Å²) in [6, 6.07) is 4.00. The molecule has 7 heteroatoms. The number of rotatable bonds is 5. The summed E-state index contributed by atoms with van der Waals surface area (Å²) in [4.78, 5) is 11.0. The fourth-order valence-electron chi connectivity index (χ4n) is 1.42. The molecule has 0 radical (unpaired) electrons. The van der Waals surface area contributed by atoms with Crippen molar-refractivity contribution in [2.24, 2.45) is 0 Å². The number of carbonyl (C=O) groups is 1. The van der Waals surface area contributed by atoms with Crippen molar-refractivity contribution in [1.82, 2.24) is 4.72 Å². The third-order valence-corrected chi connectivity index (χ3v) is 3.66. The van der Waals surface area contributed by atoms with Crippen molar-refractivity contribution in [2.45, 2.75) is 24.8 Å². The van der Waals surface area contributed by atoms with E-state index in [2.05, 4.69) is 10.0 Å². The second-order valence-corrected chi connectivity index (χ2v) is 5.91. The lowest BCUT2D eigenvalue weighted by atomic mass is 10.1. The van der Waals surface area contributed by atoms with Crippen LogP contribution in [0.2, 0.25) is 0 Å². The van der Waals surface area contributed by atoms with Crippen LogP contribution in [-0.2, 0) is 10.0 Å². The number of benzene rings is 1. The van der Waals surface area contributed by atoms with Crippen molar-refractivity contribution in [2.75, 3.05) is 12.4 Å². The zero-order chi connectivity index (χ0) is 13.9. The molecule has 0 fully saturated rings. The van der Waals surface area contributed by atoms with Gasteiger partial charge in [0.15, 0.2) is 0 Å². The van der Waals surface area contributed by atoms with Gasteiger partial charge in [0.25, 0.3) is 0 Å². The molecule has 0 aromatic heterocycles. The molecule has 100 valence electrons. The summed E-state index contributed by atoms with van der Waals surface area (Å²) in [6.45, 7) is 3.73. The zero-order valence-corrected chi connectivity index (χ0v) is 11.2. The standard InChI is InChI=1S/C11H16N2O4S/c1-7(2)13-10-5-4-8(18(16,17)12-3)6-9(10)11(14)15/h4-7,12-13H,1-3H3,(H,14,15). The van der Waals surface area contributed by atoms with Gasteiger partial charge in [-0.3, -0.25) is 0 Å². The molecule has 0 heterocycles. The van der Waals surface area contributed by atoms with E-state index in [4.69, 9.17) is 5.11 Å². The fourth-order valence-corrected chi connectivity index (χ4v) is 2.18. The molecule has 0 spiro atoms. The van der Waals surface area contributed by atoms with Crippen molar-refractivity contribution in [3.8, 4) is 0 Å². The molecule has 0 atom stereocenters. The van der Waals surface area contributed by atoms with Crippen molar-refractivity contribution in [3.05, 3.63) is 23.8 Å². The summed E-state index contributed by atoms with van der Waals surface area (Å²) in [5.41, 5.74) is 0.326. The Morgan fingerprint density at radius 3 is 2.39 bits per heavy atom. The number of sulfonamides is 1. The summed E-state index contributed by atoms with van der Waals surface area (Å²) < 4.78 is 25.3. The van der Waals surface area contributed by atoms with E-state index >= 15 is 0 Å². The van der Waals surface area contributed by atoms with E-state index < -0.39 is 16.0 Å². The minimum absolute atomic E-state index is 0.0508. The van der Waals surface area contributed by atoms with Gasteiger partial charge < -0.3 is 10.4 Å². The molecule has 0 saturated heterocycles. The van der Waals surface area contributed by atoms with Gasteiger partial charge in [0, 0.05) is 11.7 Å². The Morgan fingerprint density at radius 2 is 1.94 bits per heavy atom. The molecule has 3 N–H and O–H groups in total. The molecule has 6 nitrogen and oxygen atoms in total. The lowest BCUT2D eigenvalue weighted by molar-refractivity contribution is 0.0697. The molecule has 0 unspecified atom stereocenters. The van der Waals surface area contributed by atoms with Gasteiger partial charge >= 0.3 is 5.97 Å². The summed E-state index contributed by atoms with van der Waals surface area (Å²) in [6.07, 6.45) is 0. The van der Waals surface area contributed by atoms with E-state index in [0.29, 0.717) is 5.69 Å². The lowest BCUT2D eigenvalue weighted by Crippen LogP contribution is -2.20. The first kappa shape index (κ1) is 14.5. The molecule has 0 aliphatic heterocycles. The van der Waals surface area contributed by atoms with Gasteiger partial charge in [-0.2, -0.15) is 0 Å². The number of hydrogen-bond donors (Lipinski definition) is 3. The number of hydrogen-bond acceptors (Lipinski definition) is 4. The van der Waals surface area contributed by atoms with Crippen LogP contribution in [0.15, 0.2) is 23.1 Å². The first-order valence-corrected chi connectivity index (χ1v) is 6.83. The molecule has 1 aromatic rings. The van der Waals surface area contributed by atoms with Crippen LogP contribution in [0.3, 0.4) is 0 Å². The Morgan fingerprint density at radius 1 is 1.33 bits per heavy atom. The molecule has 1 aromatic carbocycles. The summed E-state index contributed by atoms with van der Waals surface area (Å²) in [7, 11) is -2.37. The maximum Gasteiger partial charge on any atom is 0.337 e. The maximum atomic E-state index is 11.6. The van der Waals surface area contributed by atoms with Crippen molar-refractivity contribution < 1.29 is 18.3 Å². The Labute approximate surface area is 106 Å². The normalized spacial score (nSPS) is 11.6. The van der Waals surface area contributed by atoms with Gasteiger partial charge in [-0.25, -0.2) is 17.9 Å². The van der Waals surface area contributed by atoms with Crippen LogP contribution < -0.4 is 10.0 Å². The first-order valence-electron chi connectivity index (χ1n) is 5.35. The molecule has 18 heavy (non-hydrogen) atoms. The van der Waals surface area contributed by atoms with Crippen LogP contribution in [0.1, 0.15) is 24.2 Å². The van der Waals surface area contributed by atoms with Gasteiger partial charge in [0.2, 0.25) is 10.0 Å². The van der Waals surface area contributed by atoms with Gasteiger partial charge in [0.05, 0.1) is 10.5 Å². The molecule has 0 amide bonds. The fraction of sp³-hybridized carbons (Fsp3) is 0.364. The maximum absolute atomic E-state index is 11.6. The minimum atomic E-state index is -3.64. The van der Waals surface area contributed by atoms with Crippen molar-refractivity contribution >= 4 is 21.7 Å². The number of aromatic carboxylic acids is 1. The highest BCUT2D eigenvalue weighted by atomic mass is 32.2. The van der Waals surface area contributed by atoms with Crippen molar-refractivity contribution in [1.29, 1.82) is 0 Å². The number of nitrogens with one attached hydrogen (secondary N) is 2.